The molecule has 1 heterocycles. The third-order valence-electron chi connectivity index (χ3n) is 2.99. The van der Waals surface area contributed by atoms with Crippen LogP contribution in [0.3, 0.4) is 0 Å². The minimum atomic E-state index is -0.872. The summed E-state index contributed by atoms with van der Waals surface area (Å²) < 4.78 is 4.41. The quantitative estimate of drug-likeness (QED) is 0.407. The minimum Gasteiger partial charge on any atom is -0.523 e. The molecule has 9 heteroatoms. The van der Waals surface area contributed by atoms with Crippen molar-refractivity contribution in [1.82, 2.24) is 10.4 Å². The van der Waals surface area contributed by atoms with Gasteiger partial charge < -0.3 is 9.63 Å². The lowest BCUT2D eigenvalue weighted by molar-refractivity contribution is -0.728. The lowest BCUT2D eigenvalue weighted by Gasteiger charge is -2.02. The molecule has 0 aliphatic heterocycles. The molecule has 0 unspecified atom stereocenters. The van der Waals surface area contributed by atoms with E-state index in [9.17, 15) is 15.2 Å². The summed E-state index contributed by atoms with van der Waals surface area (Å²) in [6, 6.07) is 12.1. The van der Waals surface area contributed by atoms with Crippen LogP contribution in [0.25, 0.3) is 5.69 Å². The number of rotatable bonds is 4. The predicted octanol–water partition coefficient (Wildman–Crippen LogP) is 1.79. The molecule has 0 atom stereocenters. The van der Waals surface area contributed by atoms with E-state index in [4.69, 9.17) is 0 Å². The van der Waals surface area contributed by atoms with Crippen LogP contribution in [0.15, 0.2) is 56.8 Å². The van der Waals surface area contributed by atoms with Crippen molar-refractivity contribution in [1.29, 1.82) is 0 Å². The van der Waals surface area contributed by atoms with E-state index < -0.39 is 11.0 Å². The van der Waals surface area contributed by atoms with Gasteiger partial charge in [-0.25, -0.2) is 0 Å². The lowest BCUT2D eigenvalue weighted by Crippen LogP contribution is -2.36. The summed E-state index contributed by atoms with van der Waals surface area (Å²) in [5.74, 6) is 0. The standard InChI is InChI=1S/C14H10N4O4S/c1-9-2-5-11(6-3-9)23-13-7-4-10(18(20)21)8-12(13)17-15-14(19)22-16-17/h2-8H,1H3. The summed E-state index contributed by atoms with van der Waals surface area (Å²) in [5, 5.41) is 29.1. The molecule has 0 radical (unpaired) electrons. The Balaban J connectivity index is 2.04. The van der Waals surface area contributed by atoms with E-state index in [1.165, 1.54) is 23.9 Å². The van der Waals surface area contributed by atoms with Gasteiger partial charge in [-0.2, -0.15) is 0 Å². The van der Waals surface area contributed by atoms with E-state index in [0.29, 0.717) is 10.6 Å². The molecule has 2 aromatic carbocycles. The zero-order valence-corrected chi connectivity index (χ0v) is 12.7. The van der Waals surface area contributed by atoms with Crippen molar-refractivity contribution in [3.8, 4) is 11.8 Å². The first-order chi connectivity index (χ1) is 11.0. The van der Waals surface area contributed by atoms with E-state index in [2.05, 4.69) is 14.9 Å². The highest BCUT2D eigenvalue weighted by Gasteiger charge is 2.23. The van der Waals surface area contributed by atoms with Gasteiger partial charge in [0.1, 0.15) is 5.27 Å². The Bertz CT molecular complexity index is 863. The zero-order valence-electron chi connectivity index (χ0n) is 11.9. The fourth-order valence-corrected chi connectivity index (χ4v) is 2.79. The highest BCUT2D eigenvalue weighted by atomic mass is 32.2. The van der Waals surface area contributed by atoms with Crippen LogP contribution in [-0.4, -0.2) is 15.3 Å². The SMILES string of the molecule is Cc1ccc(Sc2ccc([N+](=O)[O-])cc2-[n+]2noc([O-])n2)cc1. The summed E-state index contributed by atoms with van der Waals surface area (Å²) in [7, 11) is 0. The normalized spacial score (nSPS) is 10.7. The van der Waals surface area contributed by atoms with Crippen LogP contribution in [0.5, 0.6) is 6.08 Å². The lowest BCUT2D eigenvalue weighted by atomic mass is 10.2. The van der Waals surface area contributed by atoms with Crippen LogP contribution in [0, 0.1) is 17.0 Å². The molecule has 0 aliphatic carbocycles. The first-order valence-corrected chi connectivity index (χ1v) is 7.31. The van der Waals surface area contributed by atoms with Crippen molar-refractivity contribution < 1.29 is 19.3 Å². The Morgan fingerprint density at radius 2 is 1.96 bits per heavy atom. The molecule has 0 saturated carbocycles. The molecule has 0 amide bonds. The number of aryl methyl sites for hydroxylation is 1. The fraction of sp³-hybridized carbons (Fsp3) is 0.0714. The minimum absolute atomic E-state index is 0.127. The van der Waals surface area contributed by atoms with Gasteiger partial charge in [0.2, 0.25) is 6.08 Å². The third kappa shape index (κ3) is 3.29. The van der Waals surface area contributed by atoms with E-state index in [1.807, 2.05) is 31.2 Å². The van der Waals surface area contributed by atoms with Crippen LogP contribution < -0.4 is 9.90 Å². The Kier molecular flexibility index (Phi) is 3.94. The molecule has 0 aliphatic rings. The van der Waals surface area contributed by atoms with Crippen molar-refractivity contribution in [3.05, 3.63) is 58.1 Å². The number of non-ortho nitro benzene ring substituents is 1. The van der Waals surface area contributed by atoms with Crippen LogP contribution in [0.1, 0.15) is 5.56 Å². The predicted molar refractivity (Wildman–Crippen MR) is 77.2 cm³/mol. The van der Waals surface area contributed by atoms with Crippen molar-refractivity contribution in [2.75, 3.05) is 0 Å². The summed E-state index contributed by atoms with van der Waals surface area (Å²) >= 11 is 1.38. The van der Waals surface area contributed by atoms with Gasteiger partial charge in [-0.05, 0) is 25.1 Å². The number of hydrogen-bond donors (Lipinski definition) is 0. The van der Waals surface area contributed by atoms with Gasteiger partial charge in [0.15, 0.2) is 0 Å². The summed E-state index contributed by atoms with van der Waals surface area (Å²) in [6.45, 7) is 1.98. The number of nitro groups is 1. The van der Waals surface area contributed by atoms with E-state index in [1.54, 1.807) is 6.07 Å². The monoisotopic (exact) mass is 330 g/mol. The largest absolute Gasteiger partial charge is 0.523 e. The van der Waals surface area contributed by atoms with E-state index in [-0.39, 0.29) is 5.69 Å². The van der Waals surface area contributed by atoms with Gasteiger partial charge in [0.05, 0.1) is 25.8 Å². The van der Waals surface area contributed by atoms with Gasteiger partial charge in [-0.3, -0.25) is 10.1 Å². The molecule has 3 rings (SSSR count). The zero-order chi connectivity index (χ0) is 16.4. The summed E-state index contributed by atoms with van der Waals surface area (Å²) in [6.07, 6.45) is -0.872. The summed E-state index contributed by atoms with van der Waals surface area (Å²) in [5.41, 5.74) is 1.30. The highest BCUT2D eigenvalue weighted by Crippen LogP contribution is 2.32. The van der Waals surface area contributed by atoms with Crippen LogP contribution in [0.4, 0.5) is 5.69 Å². The highest BCUT2D eigenvalue weighted by molar-refractivity contribution is 7.99. The molecule has 1 aromatic heterocycles. The smallest absolute Gasteiger partial charge is 0.290 e. The maximum Gasteiger partial charge on any atom is 0.290 e. The second kappa shape index (κ2) is 6.05. The van der Waals surface area contributed by atoms with Gasteiger partial charge >= 0.3 is 0 Å². The maximum atomic E-state index is 11.1. The third-order valence-corrected chi connectivity index (χ3v) is 4.06. The second-order valence-corrected chi connectivity index (χ2v) is 5.77. The van der Waals surface area contributed by atoms with Crippen LogP contribution in [0.2, 0.25) is 0 Å². The number of benzene rings is 2. The van der Waals surface area contributed by atoms with Gasteiger partial charge in [-0.15, -0.1) is 0 Å². The molecule has 0 spiro atoms. The van der Waals surface area contributed by atoms with Crippen molar-refractivity contribution in [3.63, 3.8) is 0 Å². The first-order valence-electron chi connectivity index (χ1n) is 6.49. The number of hydrogen-bond acceptors (Lipinski definition) is 7. The molecule has 0 fully saturated rings. The second-order valence-electron chi connectivity index (χ2n) is 4.65. The maximum absolute atomic E-state index is 11.1. The number of nitro benzene ring substituents is 1. The van der Waals surface area contributed by atoms with Gasteiger partial charge in [0, 0.05) is 11.0 Å². The molecular formula is C14H10N4O4S. The van der Waals surface area contributed by atoms with Crippen molar-refractivity contribution >= 4 is 17.4 Å². The van der Waals surface area contributed by atoms with E-state index in [0.717, 1.165) is 15.3 Å². The molecular weight excluding hydrogens is 320 g/mol. The van der Waals surface area contributed by atoms with Crippen LogP contribution in [-0.2, 0) is 0 Å². The van der Waals surface area contributed by atoms with Crippen LogP contribution >= 0.6 is 11.8 Å². The van der Waals surface area contributed by atoms with Crippen molar-refractivity contribution in [2.45, 2.75) is 16.7 Å². The van der Waals surface area contributed by atoms with Gasteiger partial charge in [0.25, 0.3) is 11.4 Å². The molecule has 0 bridgehead atoms. The van der Waals surface area contributed by atoms with Crippen molar-refractivity contribution in [2.24, 2.45) is 0 Å². The molecule has 0 N–H and O–H groups in total. The molecule has 0 saturated heterocycles. The average molecular weight is 330 g/mol. The summed E-state index contributed by atoms with van der Waals surface area (Å²) in [4.78, 5) is 13.0. The Morgan fingerprint density at radius 3 is 2.57 bits per heavy atom. The molecule has 23 heavy (non-hydrogen) atoms. The van der Waals surface area contributed by atoms with E-state index >= 15 is 0 Å². The Labute approximate surface area is 134 Å². The fourth-order valence-electron chi connectivity index (χ4n) is 1.88. The number of aromatic nitrogens is 3. The topological polar surface area (TPSA) is 109 Å². The average Bonchev–Trinajstić information content (AvgIpc) is 2.96. The molecule has 3 aromatic rings. The molecule has 116 valence electrons. The van der Waals surface area contributed by atoms with Gasteiger partial charge in [-0.1, -0.05) is 29.5 Å². The molecule has 8 nitrogen and oxygen atoms in total. The Morgan fingerprint density at radius 1 is 1.22 bits per heavy atom. The Hall–Kier alpha value is -2.94. The first kappa shape index (κ1) is 15.0. The number of nitrogens with zero attached hydrogens (tertiary/aromatic N) is 4.